The largest absolute Gasteiger partial charge is 0.460 e. The van der Waals surface area contributed by atoms with Gasteiger partial charge >= 0.3 is 5.97 Å². The third-order valence-corrected chi connectivity index (χ3v) is 3.15. The minimum atomic E-state index is -0.941. The second-order valence-corrected chi connectivity index (χ2v) is 6.55. The number of hydrogen-bond acceptors (Lipinski definition) is 6. The minimum absolute atomic E-state index is 0.000149. The molecule has 1 amide bonds. The molecule has 0 fully saturated rings. The highest BCUT2D eigenvalue weighted by Gasteiger charge is 2.20. The summed E-state index contributed by atoms with van der Waals surface area (Å²) in [6.07, 6.45) is 0.102. The van der Waals surface area contributed by atoms with Crippen LogP contribution in [0.4, 0.5) is 11.4 Å². The Morgan fingerprint density at radius 1 is 1.42 bits per heavy atom. The molecule has 0 unspecified atom stereocenters. The van der Waals surface area contributed by atoms with Crippen LogP contribution in [0.25, 0.3) is 0 Å². The van der Waals surface area contributed by atoms with E-state index in [-0.39, 0.29) is 29.2 Å². The molecule has 0 saturated carbocycles. The first-order valence-electron chi connectivity index (χ1n) is 7.22. The monoisotopic (exact) mass is 357 g/mol. The fourth-order valence-corrected chi connectivity index (χ4v) is 1.96. The Labute approximate surface area is 144 Å². The number of ether oxygens (including phenoxy) is 1. The Morgan fingerprint density at radius 3 is 2.54 bits per heavy atom. The molecule has 1 aromatic carbocycles. The molecule has 0 radical (unpaired) electrons. The number of nitro groups is 1. The molecule has 3 N–H and O–H groups in total. The van der Waals surface area contributed by atoms with Gasteiger partial charge in [-0.1, -0.05) is 11.6 Å². The zero-order valence-electron chi connectivity index (χ0n) is 13.7. The first-order chi connectivity index (χ1) is 11.0. The SMILES string of the molecule is CC(C)(C)OC(=O)CC[C@H](N)C(=O)Nc1ccc([N+](=O)[O-])cc1Cl. The van der Waals surface area contributed by atoms with E-state index in [2.05, 4.69) is 5.32 Å². The number of carbonyl (C=O) groups is 2. The van der Waals surface area contributed by atoms with Crippen LogP contribution in [0.15, 0.2) is 18.2 Å². The van der Waals surface area contributed by atoms with Crippen molar-refractivity contribution < 1.29 is 19.2 Å². The molecule has 1 rings (SSSR count). The maximum Gasteiger partial charge on any atom is 0.306 e. The molecule has 0 aromatic heterocycles. The van der Waals surface area contributed by atoms with Crippen molar-refractivity contribution in [3.63, 3.8) is 0 Å². The zero-order chi connectivity index (χ0) is 18.5. The maximum atomic E-state index is 12.0. The Kier molecular flexibility index (Phi) is 6.68. The minimum Gasteiger partial charge on any atom is -0.460 e. The molecule has 1 aromatic rings. The third-order valence-electron chi connectivity index (χ3n) is 2.84. The highest BCUT2D eigenvalue weighted by molar-refractivity contribution is 6.34. The summed E-state index contributed by atoms with van der Waals surface area (Å²) in [4.78, 5) is 33.7. The molecule has 8 nitrogen and oxygen atoms in total. The summed E-state index contributed by atoms with van der Waals surface area (Å²) < 4.78 is 5.13. The molecule has 0 aliphatic heterocycles. The predicted octanol–water partition coefficient (Wildman–Crippen LogP) is 2.64. The van der Waals surface area contributed by atoms with E-state index in [1.807, 2.05) is 0 Å². The Bertz CT molecular complexity index is 642. The first kappa shape index (κ1) is 19.9. The topological polar surface area (TPSA) is 125 Å². The number of non-ortho nitro benzene ring substituents is 1. The van der Waals surface area contributed by atoms with Gasteiger partial charge in [0.2, 0.25) is 5.91 Å². The fourth-order valence-electron chi connectivity index (χ4n) is 1.74. The average molecular weight is 358 g/mol. The number of nitrogens with zero attached hydrogens (tertiary/aromatic N) is 1. The lowest BCUT2D eigenvalue weighted by molar-refractivity contribution is -0.384. The number of amides is 1. The molecule has 0 bridgehead atoms. The Morgan fingerprint density at radius 2 is 2.04 bits per heavy atom. The van der Waals surface area contributed by atoms with Crippen LogP contribution in [0.5, 0.6) is 0 Å². The van der Waals surface area contributed by atoms with E-state index in [0.29, 0.717) is 0 Å². The lowest BCUT2D eigenvalue weighted by Gasteiger charge is -2.20. The number of rotatable bonds is 6. The van der Waals surface area contributed by atoms with Gasteiger partial charge in [0.05, 0.1) is 21.7 Å². The van der Waals surface area contributed by atoms with Gasteiger partial charge in [0.1, 0.15) is 5.60 Å². The first-order valence-corrected chi connectivity index (χ1v) is 7.59. The molecular weight excluding hydrogens is 338 g/mol. The van der Waals surface area contributed by atoms with E-state index in [9.17, 15) is 19.7 Å². The van der Waals surface area contributed by atoms with E-state index in [4.69, 9.17) is 22.1 Å². The van der Waals surface area contributed by atoms with Gasteiger partial charge in [-0.05, 0) is 33.3 Å². The van der Waals surface area contributed by atoms with Crippen molar-refractivity contribution in [1.29, 1.82) is 0 Å². The van der Waals surface area contributed by atoms with Crippen LogP contribution in [-0.4, -0.2) is 28.4 Å². The number of nitrogens with one attached hydrogen (secondary N) is 1. The summed E-state index contributed by atoms with van der Waals surface area (Å²) in [5, 5.41) is 13.1. The maximum absolute atomic E-state index is 12.0. The lowest BCUT2D eigenvalue weighted by Crippen LogP contribution is -2.36. The van der Waals surface area contributed by atoms with Gasteiger partial charge in [-0.3, -0.25) is 19.7 Å². The molecule has 0 spiro atoms. The van der Waals surface area contributed by atoms with Crippen LogP contribution in [0.2, 0.25) is 5.02 Å². The molecule has 0 aliphatic rings. The van der Waals surface area contributed by atoms with Gasteiger partial charge in [-0.15, -0.1) is 0 Å². The summed E-state index contributed by atoms with van der Waals surface area (Å²) in [7, 11) is 0. The standard InChI is InChI=1S/C15H20ClN3O5/c1-15(2,3)24-13(20)7-5-11(17)14(21)18-12-6-4-9(19(22)23)8-10(12)16/h4,6,8,11H,5,7,17H2,1-3H3,(H,18,21)/t11-/m0/s1. The Hall–Kier alpha value is -2.19. The van der Waals surface area contributed by atoms with Crippen molar-refractivity contribution in [1.82, 2.24) is 0 Å². The number of nitro benzene ring substituents is 1. The van der Waals surface area contributed by atoms with Crippen molar-refractivity contribution in [2.24, 2.45) is 5.73 Å². The molecule has 24 heavy (non-hydrogen) atoms. The highest BCUT2D eigenvalue weighted by Crippen LogP contribution is 2.26. The number of anilines is 1. The second kappa shape index (κ2) is 8.07. The number of hydrogen-bond donors (Lipinski definition) is 2. The number of carbonyl (C=O) groups excluding carboxylic acids is 2. The van der Waals surface area contributed by atoms with Gasteiger partial charge in [-0.2, -0.15) is 0 Å². The molecule has 1 atom stereocenters. The van der Waals surface area contributed by atoms with Gasteiger partial charge < -0.3 is 15.8 Å². The number of nitrogens with two attached hydrogens (primary N) is 1. The van der Waals surface area contributed by atoms with Crippen LogP contribution in [0.3, 0.4) is 0 Å². The van der Waals surface area contributed by atoms with Gasteiger partial charge in [-0.25, -0.2) is 0 Å². The van der Waals surface area contributed by atoms with Crippen LogP contribution >= 0.6 is 11.6 Å². The summed E-state index contributed by atoms with van der Waals surface area (Å²) in [6.45, 7) is 5.23. The van der Waals surface area contributed by atoms with Gasteiger partial charge in [0.15, 0.2) is 0 Å². The van der Waals surface area contributed by atoms with Crippen molar-refractivity contribution in [2.45, 2.75) is 45.3 Å². The average Bonchev–Trinajstić information content (AvgIpc) is 2.44. The van der Waals surface area contributed by atoms with Crippen molar-refractivity contribution in [3.8, 4) is 0 Å². The van der Waals surface area contributed by atoms with E-state index >= 15 is 0 Å². The third kappa shape index (κ3) is 6.51. The van der Waals surface area contributed by atoms with E-state index in [0.717, 1.165) is 6.07 Å². The lowest BCUT2D eigenvalue weighted by atomic mass is 10.1. The van der Waals surface area contributed by atoms with Gasteiger partial charge in [0, 0.05) is 18.6 Å². The van der Waals surface area contributed by atoms with Crippen molar-refractivity contribution in [3.05, 3.63) is 33.3 Å². The molecule has 0 saturated heterocycles. The molecule has 9 heteroatoms. The van der Waals surface area contributed by atoms with Crippen molar-refractivity contribution in [2.75, 3.05) is 5.32 Å². The zero-order valence-corrected chi connectivity index (χ0v) is 14.4. The Balaban J connectivity index is 2.58. The summed E-state index contributed by atoms with van der Waals surface area (Å²) in [5.74, 6) is -0.992. The molecule has 132 valence electrons. The summed E-state index contributed by atoms with van der Waals surface area (Å²) >= 11 is 5.89. The number of halogens is 1. The predicted molar refractivity (Wildman–Crippen MR) is 89.8 cm³/mol. The second-order valence-electron chi connectivity index (χ2n) is 6.14. The van der Waals surface area contributed by atoms with Crippen molar-refractivity contribution >= 4 is 34.9 Å². The van der Waals surface area contributed by atoms with Crippen LogP contribution in [-0.2, 0) is 14.3 Å². The molecule has 0 heterocycles. The van der Waals surface area contributed by atoms with E-state index in [1.54, 1.807) is 20.8 Å². The van der Waals surface area contributed by atoms with Gasteiger partial charge in [0.25, 0.3) is 5.69 Å². The summed E-state index contributed by atoms with van der Waals surface area (Å²) in [6, 6.07) is 2.72. The van der Waals surface area contributed by atoms with Crippen LogP contribution in [0.1, 0.15) is 33.6 Å². The normalized spacial score (nSPS) is 12.4. The highest BCUT2D eigenvalue weighted by atomic mass is 35.5. The molecule has 0 aliphatic carbocycles. The number of benzene rings is 1. The number of esters is 1. The summed E-state index contributed by atoms with van der Waals surface area (Å²) in [5.41, 5.74) is 5.15. The van der Waals surface area contributed by atoms with Crippen LogP contribution < -0.4 is 11.1 Å². The quantitative estimate of drug-likeness (QED) is 0.458. The molecular formula is C15H20ClN3O5. The van der Waals surface area contributed by atoms with E-state index < -0.39 is 28.4 Å². The fraction of sp³-hybridized carbons (Fsp3) is 0.467. The van der Waals surface area contributed by atoms with E-state index in [1.165, 1.54) is 12.1 Å². The smallest absolute Gasteiger partial charge is 0.306 e. The van der Waals surface area contributed by atoms with Crippen LogP contribution in [0, 0.1) is 10.1 Å².